The van der Waals surface area contributed by atoms with Crippen LogP contribution in [0.3, 0.4) is 0 Å². The van der Waals surface area contributed by atoms with Crippen molar-refractivity contribution in [1.29, 1.82) is 0 Å². The molecule has 0 unspecified atom stereocenters. The van der Waals surface area contributed by atoms with Crippen molar-refractivity contribution < 1.29 is 28.2 Å². The Kier molecular flexibility index (Phi) is 6.46. The Bertz CT molecular complexity index is 1530. The van der Waals surface area contributed by atoms with E-state index in [2.05, 4.69) is 10.2 Å². The van der Waals surface area contributed by atoms with E-state index in [-0.39, 0.29) is 11.7 Å². The molecule has 1 aliphatic rings. The van der Waals surface area contributed by atoms with Crippen LogP contribution in [0.4, 0.5) is 8.78 Å². The topological polar surface area (TPSA) is 89.4 Å². The van der Waals surface area contributed by atoms with Gasteiger partial charge in [-0.05, 0) is 62.3 Å². The molecule has 0 saturated heterocycles. The second-order valence-electron chi connectivity index (χ2n) is 11.3. The van der Waals surface area contributed by atoms with Crippen LogP contribution in [0.25, 0.3) is 27.5 Å². The van der Waals surface area contributed by atoms with Gasteiger partial charge in [0, 0.05) is 40.7 Å². The molecule has 0 spiro atoms. The van der Waals surface area contributed by atoms with Gasteiger partial charge in [0.1, 0.15) is 5.52 Å². The number of hydrogen-bond acceptors (Lipinski definition) is 4. The predicted molar refractivity (Wildman–Crippen MR) is 141 cm³/mol. The Morgan fingerprint density at radius 2 is 1.95 bits per heavy atom. The summed E-state index contributed by atoms with van der Waals surface area (Å²) in [6.07, 6.45) is 3.76. The van der Waals surface area contributed by atoms with Gasteiger partial charge in [0.15, 0.2) is 17.4 Å². The average Bonchev–Trinajstić information content (AvgIpc) is 3.49. The van der Waals surface area contributed by atoms with Crippen molar-refractivity contribution in [3.63, 3.8) is 0 Å². The van der Waals surface area contributed by atoms with E-state index in [0.717, 1.165) is 11.3 Å². The molecule has 1 saturated carbocycles. The minimum absolute atomic E-state index is 0.0745. The molecular weight excluding hydrogens is 492 g/mol. The van der Waals surface area contributed by atoms with Crippen molar-refractivity contribution in [1.82, 2.24) is 14.8 Å². The lowest BCUT2D eigenvalue weighted by atomic mass is 9.68. The fourth-order valence-electron chi connectivity index (χ4n) is 6.14. The Morgan fingerprint density at radius 1 is 1.24 bits per heavy atom. The SMILES string of the molecule is COCC(C)(C)c1c([C@H]2CC[C@](C)(C(=O)O)CC2)c2c(F)c3[nH]ncc3cc2n1-c1ccc(F)c(OC)c1. The predicted octanol–water partition coefficient (Wildman–Crippen LogP) is 6.47. The zero-order valence-electron chi connectivity index (χ0n) is 22.3. The summed E-state index contributed by atoms with van der Waals surface area (Å²) in [5.41, 5.74) is 1.89. The number of benzene rings is 2. The van der Waals surface area contributed by atoms with Crippen molar-refractivity contribution >= 4 is 27.8 Å². The lowest BCUT2D eigenvalue weighted by molar-refractivity contribution is -0.149. The van der Waals surface area contributed by atoms with E-state index in [0.29, 0.717) is 59.8 Å². The summed E-state index contributed by atoms with van der Waals surface area (Å²) in [5.74, 6) is -1.69. The molecule has 1 aliphatic carbocycles. The molecule has 0 atom stereocenters. The molecule has 5 rings (SSSR count). The maximum Gasteiger partial charge on any atom is 0.309 e. The summed E-state index contributed by atoms with van der Waals surface area (Å²) in [4.78, 5) is 12.0. The normalized spacial score (nSPS) is 20.3. The van der Waals surface area contributed by atoms with Gasteiger partial charge in [0.2, 0.25) is 0 Å². The molecule has 0 bridgehead atoms. The number of H-pyrrole nitrogens is 1. The van der Waals surface area contributed by atoms with E-state index >= 15 is 4.39 Å². The molecule has 0 aliphatic heterocycles. The molecule has 202 valence electrons. The fraction of sp³-hybridized carbons (Fsp3) is 0.448. The van der Waals surface area contributed by atoms with E-state index in [4.69, 9.17) is 9.47 Å². The van der Waals surface area contributed by atoms with Gasteiger partial charge in [-0.3, -0.25) is 9.89 Å². The third-order valence-corrected chi connectivity index (χ3v) is 8.20. The van der Waals surface area contributed by atoms with E-state index in [1.165, 1.54) is 13.2 Å². The van der Waals surface area contributed by atoms with Crippen LogP contribution in [0.2, 0.25) is 0 Å². The highest BCUT2D eigenvalue weighted by Gasteiger charge is 2.42. The van der Waals surface area contributed by atoms with E-state index in [1.807, 2.05) is 24.5 Å². The molecule has 2 aromatic carbocycles. The van der Waals surface area contributed by atoms with Gasteiger partial charge in [0.05, 0.1) is 30.8 Å². The van der Waals surface area contributed by atoms with Gasteiger partial charge >= 0.3 is 5.97 Å². The van der Waals surface area contributed by atoms with Crippen molar-refractivity contribution in [2.24, 2.45) is 5.41 Å². The minimum Gasteiger partial charge on any atom is -0.494 e. The minimum atomic E-state index is -0.809. The highest BCUT2D eigenvalue weighted by molar-refractivity contribution is 6.00. The average molecular weight is 526 g/mol. The standard InChI is InChI=1S/C29H33F2N3O4/c1-28(2,15-37-4)26-22(16-8-10-29(3,11-9-16)27(35)36)23-20(12-17-14-32-33-25(17)24(23)31)34(26)18-6-7-19(30)21(13-18)38-5/h6-7,12-14,16H,8-11,15H2,1-5H3,(H,32,33)(H,35,36)/t16-,29-. The van der Waals surface area contributed by atoms with Gasteiger partial charge in [-0.1, -0.05) is 13.8 Å². The second kappa shape index (κ2) is 9.38. The number of fused-ring (bicyclic) bond motifs is 2. The molecule has 38 heavy (non-hydrogen) atoms. The lowest BCUT2D eigenvalue weighted by Crippen LogP contribution is -2.33. The van der Waals surface area contributed by atoms with Crippen LogP contribution in [-0.2, 0) is 14.9 Å². The number of aliphatic carboxylic acids is 1. The van der Waals surface area contributed by atoms with Gasteiger partial charge < -0.3 is 19.1 Å². The number of aromatic amines is 1. The first-order valence-electron chi connectivity index (χ1n) is 12.8. The first-order valence-corrected chi connectivity index (χ1v) is 12.8. The maximum atomic E-state index is 16.4. The number of methoxy groups -OCH3 is 2. The lowest BCUT2D eigenvalue weighted by Gasteiger charge is -2.36. The number of nitrogens with one attached hydrogen (secondary N) is 1. The number of rotatable bonds is 7. The molecule has 7 nitrogen and oxygen atoms in total. The molecule has 0 radical (unpaired) electrons. The van der Waals surface area contributed by atoms with Gasteiger partial charge in [0.25, 0.3) is 0 Å². The fourth-order valence-corrected chi connectivity index (χ4v) is 6.14. The number of ether oxygens (including phenoxy) is 2. The molecule has 9 heteroatoms. The maximum absolute atomic E-state index is 16.4. The number of carboxylic acids is 1. The van der Waals surface area contributed by atoms with Gasteiger partial charge in [-0.2, -0.15) is 5.10 Å². The second-order valence-corrected chi connectivity index (χ2v) is 11.3. The van der Waals surface area contributed by atoms with Crippen LogP contribution in [0.15, 0.2) is 30.5 Å². The van der Waals surface area contributed by atoms with E-state index < -0.39 is 28.4 Å². The summed E-state index contributed by atoms with van der Waals surface area (Å²) < 4.78 is 43.7. The van der Waals surface area contributed by atoms with E-state index in [9.17, 15) is 14.3 Å². The van der Waals surface area contributed by atoms with Crippen molar-refractivity contribution in [2.75, 3.05) is 20.8 Å². The summed E-state index contributed by atoms with van der Waals surface area (Å²) >= 11 is 0. The zero-order chi connectivity index (χ0) is 27.4. The van der Waals surface area contributed by atoms with Crippen LogP contribution in [0.1, 0.15) is 63.6 Å². The third-order valence-electron chi connectivity index (χ3n) is 8.20. The van der Waals surface area contributed by atoms with Gasteiger partial charge in [-0.15, -0.1) is 0 Å². The molecule has 2 heterocycles. The number of aromatic nitrogens is 3. The Balaban J connectivity index is 1.87. The molecule has 1 fully saturated rings. The Morgan fingerprint density at radius 3 is 2.58 bits per heavy atom. The molecule has 4 aromatic rings. The zero-order valence-corrected chi connectivity index (χ0v) is 22.3. The number of carbonyl (C=O) groups is 1. The van der Waals surface area contributed by atoms with Gasteiger partial charge in [-0.25, -0.2) is 8.78 Å². The molecule has 2 aromatic heterocycles. The number of nitrogens with zero attached hydrogens (tertiary/aromatic N) is 2. The highest BCUT2D eigenvalue weighted by Crippen LogP contribution is 2.50. The smallest absolute Gasteiger partial charge is 0.309 e. The van der Waals surface area contributed by atoms with Crippen molar-refractivity contribution in [3.05, 3.63) is 53.4 Å². The van der Waals surface area contributed by atoms with Crippen LogP contribution in [-0.4, -0.2) is 46.7 Å². The van der Waals surface area contributed by atoms with Crippen molar-refractivity contribution in [2.45, 2.75) is 57.8 Å². The Hall–Kier alpha value is -3.46. The summed E-state index contributed by atoms with van der Waals surface area (Å²) in [5, 5.41) is 17.7. The first-order chi connectivity index (χ1) is 18.0. The Labute approximate surface area is 219 Å². The number of halogens is 2. The molecule has 2 N–H and O–H groups in total. The summed E-state index contributed by atoms with van der Waals surface area (Å²) in [6, 6.07) is 6.52. The summed E-state index contributed by atoms with van der Waals surface area (Å²) in [7, 11) is 3.04. The number of carboxylic acid groups (broad SMARTS) is 1. The van der Waals surface area contributed by atoms with Crippen LogP contribution < -0.4 is 4.74 Å². The van der Waals surface area contributed by atoms with Crippen LogP contribution >= 0.6 is 0 Å². The third kappa shape index (κ3) is 4.04. The van der Waals surface area contributed by atoms with Crippen LogP contribution in [0.5, 0.6) is 5.75 Å². The largest absolute Gasteiger partial charge is 0.494 e. The van der Waals surface area contributed by atoms with Crippen molar-refractivity contribution in [3.8, 4) is 11.4 Å². The molecular formula is C29H33F2N3O4. The first kappa shape index (κ1) is 26.2. The summed E-state index contributed by atoms with van der Waals surface area (Å²) in [6.45, 7) is 6.22. The van der Waals surface area contributed by atoms with E-state index in [1.54, 1.807) is 32.4 Å². The number of hydrogen-bond donors (Lipinski definition) is 2. The van der Waals surface area contributed by atoms with Crippen LogP contribution in [0, 0.1) is 17.0 Å². The highest BCUT2D eigenvalue weighted by atomic mass is 19.1. The monoisotopic (exact) mass is 525 g/mol. The quantitative estimate of drug-likeness (QED) is 0.289. The molecule has 0 amide bonds.